The van der Waals surface area contributed by atoms with Gasteiger partial charge in [0.15, 0.2) is 0 Å². The number of hydrazone groups is 1. The van der Waals surface area contributed by atoms with Crippen molar-refractivity contribution in [2.75, 3.05) is 32.7 Å². The maximum atomic E-state index is 12.7. The largest absolute Gasteiger partial charge is 0.465 e. The van der Waals surface area contributed by atoms with Crippen molar-refractivity contribution in [2.45, 2.75) is 4.90 Å². The number of piperazine rings is 1. The lowest BCUT2D eigenvalue weighted by Crippen LogP contribution is -2.50. The number of nitrogens with zero attached hydrogens (tertiary/aromatic N) is 3. The maximum Gasteiger partial charge on any atom is 0.254 e. The van der Waals surface area contributed by atoms with E-state index in [1.807, 2.05) is 4.90 Å². The summed E-state index contributed by atoms with van der Waals surface area (Å²) in [4.78, 5) is 14.2. The highest BCUT2D eigenvalue weighted by Crippen LogP contribution is 2.20. The minimum atomic E-state index is -3.52. The van der Waals surface area contributed by atoms with E-state index in [0.717, 1.165) is 4.47 Å². The maximum absolute atomic E-state index is 12.7. The van der Waals surface area contributed by atoms with E-state index in [1.54, 1.807) is 54.8 Å². The molecule has 0 bridgehead atoms. The molecule has 10 heteroatoms. The van der Waals surface area contributed by atoms with Gasteiger partial charge < -0.3 is 4.42 Å². The number of hydrogen-bond donors (Lipinski definition) is 1. The summed E-state index contributed by atoms with van der Waals surface area (Å²) in [5, 5.41) is 3.85. The van der Waals surface area contributed by atoms with Crippen molar-refractivity contribution < 1.29 is 17.6 Å². The summed E-state index contributed by atoms with van der Waals surface area (Å²) in [6.07, 6.45) is 6.41. The van der Waals surface area contributed by atoms with Crippen LogP contribution in [0.1, 0.15) is 5.76 Å². The molecular formula is C19H21BrN4O4S. The quantitative estimate of drug-likeness (QED) is 0.483. The Balaban J connectivity index is 1.43. The van der Waals surface area contributed by atoms with E-state index in [1.165, 1.54) is 10.5 Å². The van der Waals surface area contributed by atoms with Crippen molar-refractivity contribution in [3.8, 4) is 0 Å². The zero-order chi connectivity index (χ0) is 20.7. The molecule has 154 valence electrons. The van der Waals surface area contributed by atoms with Crippen molar-refractivity contribution in [3.63, 3.8) is 0 Å². The third-order valence-electron chi connectivity index (χ3n) is 4.30. The molecule has 1 aliphatic heterocycles. The molecule has 0 spiro atoms. The number of nitrogens with one attached hydrogen (secondary N) is 1. The number of sulfonamides is 1. The van der Waals surface area contributed by atoms with Crippen LogP contribution in [0.5, 0.6) is 0 Å². The van der Waals surface area contributed by atoms with Crippen molar-refractivity contribution in [1.82, 2.24) is 14.6 Å². The second-order valence-corrected chi connectivity index (χ2v) is 9.18. The Morgan fingerprint density at radius 2 is 1.90 bits per heavy atom. The predicted molar refractivity (Wildman–Crippen MR) is 114 cm³/mol. The van der Waals surface area contributed by atoms with E-state index >= 15 is 0 Å². The average Bonchev–Trinajstić information content (AvgIpc) is 3.22. The summed E-state index contributed by atoms with van der Waals surface area (Å²) in [5.74, 6) is 0.440. The fourth-order valence-electron chi connectivity index (χ4n) is 2.80. The minimum Gasteiger partial charge on any atom is -0.465 e. The molecule has 1 aliphatic rings. The van der Waals surface area contributed by atoms with Gasteiger partial charge in [0.2, 0.25) is 10.0 Å². The summed E-state index contributed by atoms with van der Waals surface area (Å²) in [5.41, 5.74) is 2.45. The third kappa shape index (κ3) is 6.10. The molecule has 1 amide bonds. The van der Waals surface area contributed by atoms with Crippen LogP contribution >= 0.6 is 15.9 Å². The number of carbonyl (C=O) groups excluding carboxylic acids is 1. The summed E-state index contributed by atoms with van der Waals surface area (Å²) >= 11 is 3.30. The highest BCUT2D eigenvalue weighted by Gasteiger charge is 2.28. The van der Waals surface area contributed by atoms with Crippen molar-refractivity contribution >= 4 is 44.2 Å². The number of benzene rings is 1. The average molecular weight is 481 g/mol. The van der Waals surface area contributed by atoms with Gasteiger partial charge in [-0.1, -0.05) is 15.9 Å². The highest BCUT2D eigenvalue weighted by molar-refractivity contribution is 9.10. The first-order valence-electron chi connectivity index (χ1n) is 8.95. The van der Waals surface area contributed by atoms with Crippen LogP contribution in [-0.4, -0.2) is 62.5 Å². The first-order chi connectivity index (χ1) is 13.9. The van der Waals surface area contributed by atoms with E-state index < -0.39 is 10.0 Å². The van der Waals surface area contributed by atoms with Gasteiger partial charge in [0.05, 0.1) is 17.7 Å². The molecule has 8 nitrogen and oxygen atoms in total. The number of allylic oxidation sites excluding steroid dienone is 1. The summed E-state index contributed by atoms with van der Waals surface area (Å²) in [6.45, 7) is 1.78. The first kappa shape index (κ1) is 21.4. The molecule has 0 aliphatic carbocycles. The van der Waals surface area contributed by atoms with E-state index in [9.17, 15) is 13.2 Å². The number of amides is 1. The van der Waals surface area contributed by atoms with Crippen LogP contribution in [0.25, 0.3) is 6.08 Å². The molecule has 1 aromatic heterocycles. The molecule has 0 atom stereocenters. The van der Waals surface area contributed by atoms with Gasteiger partial charge in [-0.25, -0.2) is 13.8 Å². The Hall–Kier alpha value is -2.27. The molecule has 1 fully saturated rings. The fraction of sp³-hybridized carbons (Fsp3) is 0.263. The molecule has 1 N–H and O–H groups in total. The molecule has 1 saturated heterocycles. The molecule has 2 heterocycles. The van der Waals surface area contributed by atoms with E-state index in [4.69, 9.17) is 4.42 Å². The van der Waals surface area contributed by atoms with Gasteiger partial charge in [-0.05, 0) is 48.6 Å². The second-order valence-electron chi connectivity index (χ2n) is 6.32. The van der Waals surface area contributed by atoms with Crippen LogP contribution in [0, 0.1) is 0 Å². The van der Waals surface area contributed by atoms with Gasteiger partial charge in [-0.2, -0.15) is 9.41 Å². The van der Waals surface area contributed by atoms with Crippen LogP contribution < -0.4 is 5.43 Å². The Morgan fingerprint density at radius 3 is 2.55 bits per heavy atom. The minimum absolute atomic E-state index is 0.158. The molecule has 0 unspecified atom stereocenters. The van der Waals surface area contributed by atoms with E-state index in [2.05, 4.69) is 26.5 Å². The molecule has 0 radical (unpaired) electrons. The third-order valence-corrected chi connectivity index (χ3v) is 6.74. The van der Waals surface area contributed by atoms with Crippen molar-refractivity contribution in [1.29, 1.82) is 0 Å². The number of carbonyl (C=O) groups is 1. The number of furan rings is 1. The fourth-order valence-corrected chi connectivity index (χ4v) is 4.48. The normalized spacial score (nSPS) is 16.6. The van der Waals surface area contributed by atoms with Crippen LogP contribution in [0.4, 0.5) is 0 Å². The molecular weight excluding hydrogens is 460 g/mol. The Bertz CT molecular complexity index is 964. The smallest absolute Gasteiger partial charge is 0.254 e. The van der Waals surface area contributed by atoms with Crippen LogP contribution in [0.2, 0.25) is 0 Å². The summed E-state index contributed by atoms with van der Waals surface area (Å²) < 4.78 is 32.8. The van der Waals surface area contributed by atoms with E-state index in [-0.39, 0.29) is 17.3 Å². The first-order valence-corrected chi connectivity index (χ1v) is 11.2. The number of hydrogen-bond acceptors (Lipinski definition) is 6. The Kier molecular flexibility index (Phi) is 7.37. The van der Waals surface area contributed by atoms with Crippen molar-refractivity contribution in [2.24, 2.45) is 5.10 Å². The second kappa shape index (κ2) is 9.97. The lowest BCUT2D eigenvalue weighted by molar-refractivity contribution is -0.122. The molecule has 0 saturated carbocycles. The SMILES string of the molecule is O=C(CN1CCN(S(=O)(=O)c2ccc(Br)cc2)CC1)NN=CC=Cc1ccco1. The van der Waals surface area contributed by atoms with Gasteiger partial charge >= 0.3 is 0 Å². The number of halogens is 1. The van der Waals surface area contributed by atoms with Gasteiger partial charge in [-0.3, -0.25) is 9.69 Å². The highest BCUT2D eigenvalue weighted by atomic mass is 79.9. The molecule has 1 aromatic carbocycles. The lowest BCUT2D eigenvalue weighted by Gasteiger charge is -2.33. The monoisotopic (exact) mass is 480 g/mol. The summed E-state index contributed by atoms with van der Waals surface area (Å²) in [6, 6.07) is 10.2. The number of rotatable bonds is 7. The van der Waals surface area contributed by atoms with Gasteiger partial charge in [-0.15, -0.1) is 0 Å². The van der Waals surface area contributed by atoms with Crippen LogP contribution in [0.3, 0.4) is 0 Å². The van der Waals surface area contributed by atoms with Gasteiger partial charge in [0, 0.05) is 36.9 Å². The van der Waals surface area contributed by atoms with Crippen molar-refractivity contribution in [3.05, 3.63) is 59.0 Å². The van der Waals surface area contributed by atoms with Gasteiger partial charge in [0.1, 0.15) is 5.76 Å². The Morgan fingerprint density at radius 1 is 1.17 bits per heavy atom. The van der Waals surface area contributed by atoms with Crippen LogP contribution in [-0.2, 0) is 14.8 Å². The standard InChI is InChI=1S/C19H21BrN4O4S/c20-16-5-7-18(8-6-16)29(26,27)24-12-10-23(11-13-24)15-19(25)22-21-9-1-3-17-4-2-14-28-17/h1-9,14H,10-13,15H2,(H,22,25). The molecule has 29 heavy (non-hydrogen) atoms. The molecule has 2 aromatic rings. The topological polar surface area (TPSA) is 95.2 Å². The lowest BCUT2D eigenvalue weighted by atomic mass is 10.3. The summed E-state index contributed by atoms with van der Waals surface area (Å²) in [7, 11) is -3.52. The van der Waals surface area contributed by atoms with Gasteiger partial charge in [0.25, 0.3) is 5.91 Å². The Labute approximate surface area is 178 Å². The zero-order valence-electron chi connectivity index (χ0n) is 15.6. The van der Waals surface area contributed by atoms with Crippen LogP contribution in [0.15, 0.2) is 67.6 Å². The van der Waals surface area contributed by atoms with E-state index in [0.29, 0.717) is 31.9 Å². The molecule has 3 rings (SSSR count). The zero-order valence-corrected chi connectivity index (χ0v) is 18.0. The predicted octanol–water partition coefficient (Wildman–Crippen LogP) is 2.16.